The van der Waals surface area contributed by atoms with Gasteiger partial charge in [0.25, 0.3) is 5.91 Å². The van der Waals surface area contributed by atoms with Gasteiger partial charge < -0.3 is 24.7 Å². The molecule has 0 aromatic heterocycles. The summed E-state index contributed by atoms with van der Waals surface area (Å²) in [5.41, 5.74) is 6.05. The number of hydrogen-bond donors (Lipinski definition) is 1. The van der Waals surface area contributed by atoms with Gasteiger partial charge in [0.2, 0.25) is 0 Å². The van der Waals surface area contributed by atoms with Crippen molar-refractivity contribution < 1.29 is 28.5 Å². The molecule has 27 heavy (non-hydrogen) atoms. The Morgan fingerprint density at radius 3 is 2.59 bits per heavy atom. The summed E-state index contributed by atoms with van der Waals surface area (Å²) < 4.78 is 21.6. The van der Waals surface area contributed by atoms with Crippen molar-refractivity contribution in [2.24, 2.45) is 5.73 Å². The van der Waals surface area contributed by atoms with E-state index in [1.165, 1.54) is 0 Å². The van der Waals surface area contributed by atoms with Crippen molar-refractivity contribution in [3.8, 4) is 17.2 Å². The Morgan fingerprint density at radius 2 is 1.85 bits per heavy atom. The van der Waals surface area contributed by atoms with E-state index in [0.29, 0.717) is 46.6 Å². The van der Waals surface area contributed by atoms with E-state index in [4.69, 9.17) is 36.3 Å². The lowest BCUT2D eigenvalue weighted by molar-refractivity contribution is -0.119. The Bertz CT molecular complexity index is 837. The van der Waals surface area contributed by atoms with Crippen LogP contribution < -0.4 is 19.9 Å². The van der Waals surface area contributed by atoms with Crippen LogP contribution in [0.1, 0.15) is 22.3 Å². The molecule has 0 spiro atoms. The number of carbonyl (C=O) groups is 2. The van der Waals surface area contributed by atoms with Gasteiger partial charge in [0.05, 0.1) is 23.8 Å². The van der Waals surface area contributed by atoms with Crippen LogP contribution in [-0.4, -0.2) is 31.7 Å². The molecule has 1 heterocycles. The maximum atomic E-state index is 12.2. The molecule has 7 nitrogen and oxygen atoms in total. The first kappa shape index (κ1) is 18.8. The molecule has 1 aliphatic heterocycles. The van der Waals surface area contributed by atoms with Crippen LogP contribution in [0.3, 0.4) is 0 Å². The zero-order valence-corrected chi connectivity index (χ0v) is 15.2. The largest absolute Gasteiger partial charge is 0.489 e. The Hall–Kier alpha value is -2.93. The highest BCUT2D eigenvalue weighted by Gasteiger charge is 2.16. The lowest BCUT2D eigenvalue weighted by atomic mass is 10.2. The lowest BCUT2D eigenvalue weighted by Crippen LogP contribution is -2.20. The Kier molecular flexibility index (Phi) is 6.03. The molecule has 0 bridgehead atoms. The van der Waals surface area contributed by atoms with Crippen LogP contribution in [0.2, 0.25) is 5.02 Å². The summed E-state index contributed by atoms with van der Waals surface area (Å²) >= 11 is 6.23. The van der Waals surface area contributed by atoms with E-state index in [0.717, 1.165) is 6.42 Å². The fourth-order valence-corrected chi connectivity index (χ4v) is 2.73. The maximum absolute atomic E-state index is 12.2. The summed E-state index contributed by atoms with van der Waals surface area (Å²) in [5.74, 6) is 0.407. The van der Waals surface area contributed by atoms with E-state index in [-0.39, 0.29) is 13.2 Å². The van der Waals surface area contributed by atoms with E-state index >= 15 is 0 Å². The summed E-state index contributed by atoms with van der Waals surface area (Å²) in [6.07, 6.45) is 0.772. The molecule has 2 N–H and O–H groups in total. The molecule has 0 fully saturated rings. The Morgan fingerprint density at radius 1 is 1.11 bits per heavy atom. The van der Waals surface area contributed by atoms with Crippen LogP contribution in [0.15, 0.2) is 36.4 Å². The average Bonchev–Trinajstić information content (AvgIpc) is 2.91. The molecule has 0 saturated carbocycles. The van der Waals surface area contributed by atoms with Crippen molar-refractivity contribution in [1.82, 2.24) is 0 Å². The molecule has 0 atom stereocenters. The van der Waals surface area contributed by atoms with Crippen LogP contribution in [0.5, 0.6) is 17.2 Å². The van der Waals surface area contributed by atoms with Gasteiger partial charge in [-0.1, -0.05) is 11.6 Å². The minimum absolute atomic E-state index is 0.0368. The van der Waals surface area contributed by atoms with E-state index in [1.807, 2.05) is 0 Å². The summed E-state index contributed by atoms with van der Waals surface area (Å²) in [6, 6.07) is 9.64. The monoisotopic (exact) mass is 391 g/mol. The van der Waals surface area contributed by atoms with Gasteiger partial charge in [0.15, 0.2) is 18.1 Å². The zero-order valence-electron chi connectivity index (χ0n) is 14.4. The quantitative estimate of drug-likeness (QED) is 0.760. The fourth-order valence-electron chi connectivity index (χ4n) is 2.44. The highest BCUT2D eigenvalue weighted by atomic mass is 35.5. The number of primary amides is 1. The number of amides is 1. The molecule has 0 unspecified atom stereocenters. The van der Waals surface area contributed by atoms with Crippen molar-refractivity contribution in [2.45, 2.75) is 13.0 Å². The van der Waals surface area contributed by atoms with E-state index in [1.54, 1.807) is 36.4 Å². The number of halogens is 1. The first-order valence-corrected chi connectivity index (χ1v) is 8.67. The van der Waals surface area contributed by atoms with Crippen LogP contribution in [0.4, 0.5) is 0 Å². The van der Waals surface area contributed by atoms with Crippen molar-refractivity contribution in [1.29, 1.82) is 0 Å². The third-order valence-corrected chi connectivity index (χ3v) is 3.98. The first-order valence-electron chi connectivity index (χ1n) is 8.29. The summed E-state index contributed by atoms with van der Waals surface area (Å²) in [4.78, 5) is 22.9. The van der Waals surface area contributed by atoms with Gasteiger partial charge in [0, 0.05) is 6.42 Å². The molecule has 142 valence electrons. The Balaban J connectivity index is 1.61. The van der Waals surface area contributed by atoms with Crippen LogP contribution >= 0.6 is 11.6 Å². The molecule has 3 rings (SSSR count). The SMILES string of the molecule is NC(=O)COc1ccc(C(=O)OCc2cc(Cl)c3c(c2)OCCCO3)cc1. The molecule has 2 aromatic carbocycles. The topological polar surface area (TPSA) is 97.1 Å². The standard InChI is InChI=1S/C19H18ClNO6/c20-15-8-12(9-16-18(15)25-7-1-6-24-16)10-27-19(23)13-2-4-14(5-3-13)26-11-17(21)22/h2-5,8-9H,1,6-7,10-11H2,(H2,21,22). The number of benzene rings is 2. The number of rotatable bonds is 6. The second-order valence-corrected chi connectivity index (χ2v) is 6.22. The average molecular weight is 392 g/mol. The predicted molar refractivity (Wildman–Crippen MR) is 97.3 cm³/mol. The van der Waals surface area contributed by atoms with Crippen LogP contribution in [0.25, 0.3) is 0 Å². The molecule has 0 saturated heterocycles. The number of ether oxygens (including phenoxy) is 4. The van der Waals surface area contributed by atoms with Gasteiger partial charge in [-0.25, -0.2) is 4.79 Å². The second kappa shape index (κ2) is 8.64. The normalized spacial score (nSPS) is 12.8. The van der Waals surface area contributed by atoms with Gasteiger partial charge in [-0.05, 0) is 42.0 Å². The van der Waals surface area contributed by atoms with Gasteiger partial charge in [-0.3, -0.25) is 4.79 Å². The van der Waals surface area contributed by atoms with Crippen molar-refractivity contribution in [3.05, 3.63) is 52.5 Å². The number of fused-ring (bicyclic) bond motifs is 1. The minimum Gasteiger partial charge on any atom is -0.489 e. The third kappa shape index (κ3) is 5.04. The number of esters is 1. The molecule has 0 aliphatic carbocycles. The van der Waals surface area contributed by atoms with Gasteiger partial charge in [-0.15, -0.1) is 0 Å². The molecule has 8 heteroatoms. The van der Waals surface area contributed by atoms with Gasteiger partial charge >= 0.3 is 5.97 Å². The summed E-state index contributed by atoms with van der Waals surface area (Å²) in [6.45, 7) is 0.890. The van der Waals surface area contributed by atoms with Crippen molar-refractivity contribution in [2.75, 3.05) is 19.8 Å². The summed E-state index contributed by atoms with van der Waals surface area (Å²) in [7, 11) is 0. The predicted octanol–water partition coefficient (Wildman–Crippen LogP) is 2.72. The fraction of sp³-hybridized carbons (Fsp3) is 0.263. The number of nitrogens with two attached hydrogens (primary N) is 1. The van der Waals surface area contributed by atoms with E-state index in [2.05, 4.69) is 0 Å². The zero-order chi connectivity index (χ0) is 19.2. The van der Waals surface area contributed by atoms with Crippen molar-refractivity contribution in [3.63, 3.8) is 0 Å². The molecular weight excluding hydrogens is 374 g/mol. The van der Waals surface area contributed by atoms with E-state index in [9.17, 15) is 9.59 Å². The smallest absolute Gasteiger partial charge is 0.338 e. The highest BCUT2D eigenvalue weighted by Crippen LogP contribution is 2.38. The first-order chi connectivity index (χ1) is 13.0. The molecule has 2 aromatic rings. The van der Waals surface area contributed by atoms with Crippen molar-refractivity contribution >= 4 is 23.5 Å². The Labute approximate surface area is 160 Å². The number of carbonyl (C=O) groups excluding carboxylic acids is 2. The molecule has 0 radical (unpaired) electrons. The molecular formula is C19H18ClNO6. The molecule has 1 aliphatic rings. The maximum Gasteiger partial charge on any atom is 0.338 e. The summed E-state index contributed by atoms with van der Waals surface area (Å²) in [5, 5.41) is 0.413. The number of hydrogen-bond acceptors (Lipinski definition) is 6. The second-order valence-electron chi connectivity index (χ2n) is 5.81. The van der Waals surface area contributed by atoms with Crippen LogP contribution in [0, 0.1) is 0 Å². The van der Waals surface area contributed by atoms with Crippen LogP contribution in [-0.2, 0) is 16.1 Å². The van der Waals surface area contributed by atoms with Gasteiger partial charge in [-0.2, -0.15) is 0 Å². The van der Waals surface area contributed by atoms with Gasteiger partial charge in [0.1, 0.15) is 12.4 Å². The lowest BCUT2D eigenvalue weighted by Gasteiger charge is -2.12. The van der Waals surface area contributed by atoms with E-state index < -0.39 is 11.9 Å². The molecule has 1 amide bonds. The minimum atomic E-state index is -0.577. The highest BCUT2D eigenvalue weighted by molar-refractivity contribution is 6.32. The third-order valence-electron chi connectivity index (χ3n) is 3.70.